The van der Waals surface area contributed by atoms with Crippen LogP contribution in [0.5, 0.6) is 0 Å². The minimum absolute atomic E-state index is 0.0325. The average Bonchev–Trinajstić information content (AvgIpc) is 2.29. The molecule has 17 heavy (non-hydrogen) atoms. The maximum atomic E-state index is 14.5. The lowest BCUT2D eigenvalue weighted by atomic mass is 9.87. The second kappa shape index (κ2) is 4.96. The normalized spacial score (nSPS) is 18.9. The summed E-state index contributed by atoms with van der Waals surface area (Å²) in [6, 6.07) is 7.32. The van der Waals surface area contributed by atoms with Crippen molar-refractivity contribution in [2.24, 2.45) is 0 Å². The van der Waals surface area contributed by atoms with Crippen LogP contribution in [-0.2, 0) is 6.42 Å². The summed E-state index contributed by atoms with van der Waals surface area (Å²) in [7, 11) is 0. The van der Waals surface area contributed by atoms with E-state index < -0.39 is 5.67 Å². The van der Waals surface area contributed by atoms with Crippen molar-refractivity contribution in [1.82, 2.24) is 5.32 Å². The van der Waals surface area contributed by atoms with Gasteiger partial charge in [0, 0.05) is 12.0 Å². The smallest absolute Gasteiger partial charge is 0.159 e. The van der Waals surface area contributed by atoms with Crippen LogP contribution in [0.15, 0.2) is 24.3 Å². The Labute approximate surface area is 101 Å². The fourth-order valence-electron chi connectivity index (χ4n) is 2.32. The number of nitrogens with one attached hydrogen (secondary N) is 1. The molecule has 1 aromatic rings. The highest BCUT2D eigenvalue weighted by Crippen LogP contribution is 2.28. The molecule has 0 atom stereocenters. The second-order valence-corrected chi connectivity index (χ2v) is 4.83. The van der Waals surface area contributed by atoms with Gasteiger partial charge in [-0.3, -0.25) is 4.79 Å². The van der Waals surface area contributed by atoms with Crippen molar-refractivity contribution in [1.29, 1.82) is 0 Å². The molecule has 1 saturated heterocycles. The van der Waals surface area contributed by atoms with Gasteiger partial charge in [-0.2, -0.15) is 0 Å². The second-order valence-electron chi connectivity index (χ2n) is 4.83. The number of benzene rings is 1. The minimum atomic E-state index is -1.11. The Morgan fingerprint density at radius 3 is 2.76 bits per heavy atom. The zero-order valence-corrected chi connectivity index (χ0v) is 10.1. The summed E-state index contributed by atoms with van der Waals surface area (Å²) in [5.74, 6) is 0.0325. The van der Waals surface area contributed by atoms with E-state index in [9.17, 15) is 9.18 Å². The summed E-state index contributed by atoms with van der Waals surface area (Å²) in [4.78, 5) is 11.3. The molecule has 1 heterocycles. The first-order valence-electron chi connectivity index (χ1n) is 6.09. The van der Waals surface area contributed by atoms with E-state index >= 15 is 0 Å². The van der Waals surface area contributed by atoms with E-state index in [0.29, 0.717) is 24.8 Å². The van der Waals surface area contributed by atoms with Crippen LogP contribution in [0.25, 0.3) is 0 Å². The number of ketones is 1. The first-order chi connectivity index (χ1) is 8.09. The fraction of sp³-hybridized carbons (Fsp3) is 0.500. The van der Waals surface area contributed by atoms with Gasteiger partial charge < -0.3 is 5.32 Å². The lowest BCUT2D eigenvalue weighted by Gasteiger charge is -2.30. The summed E-state index contributed by atoms with van der Waals surface area (Å²) >= 11 is 0. The third-order valence-electron chi connectivity index (χ3n) is 3.35. The molecule has 92 valence electrons. The maximum absolute atomic E-state index is 14.5. The lowest BCUT2D eigenvalue weighted by molar-refractivity contribution is 0.101. The van der Waals surface area contributed by atoms with Gasteiger partial charge in [-0.1, -0.05) is 18.2 Å². The molecule has 0 saturated carbocycles. The Hall–Kier alpha value is -1.22. The van der Waals surface area contributed by atoms with Gasteiger partial charge in [0.25, 0.3) is 0 Å². The number of hydrogen-bond acceptors (Lipinski definition) is 2. The predicted molar refractivity (Wildman–Crippen MR) is 66.1 cm³/mol. The Morgan fingerprint density at radius 1 is 1.41 bits per heavy atom. The molecule has 0 unspecified atom stereocenters. The summed E-state index contributed by atoms with van der Waals surface area (Å²) in [5, 5.41) is 3.16. The lowest BCUT2D eigenvalue weighted by Crippen LogP contribution is -2.40. The largest absolute Gasteiger partial charge is 0.316 e. The fourth-order valence-corrected chi connectivity index (χ4v) is 2.32. The Bertz CT molecular complexity index is 410. The van der Waals surface area contributed by atoms with E-state index in [4.69, 9.17) is 0 Å². The molecular weight excluding hydrogens is 217 g/mol. The Balaban J connectivity index is 2.12. The van der Waals surface area contributed by atoms with Crippen LogP contribution in [0.4, 0.5) is 4.39 Å². The van der Waals surface area contributed by atoms with E-state index in [-0.39, 0.29) is 5.78 Å². The van der Waals surface area contributed by atoms with Gasteiger partial charge >= 0.3 is 0 Å². The third-order valence-corrected chi connectivity index (χ3v) is 3.35. The van der Waals surface area contributed by atoms with Crippen molar-refractivity contribution in [3.63, 3.8) is 0 Å². The van der Waals surface area contributed by atoms with Gasteiger partial charge in [0.1, 0.15) is 5.67 Å². The molecule has 0 aromatic heterocycles. The van der Waals surface area contributed by atoms with E-state index in [2.05, 4.69) is 5.32 Å². The molecule has 1 aliphatic rings. The number of hydrogen-bond donors (Lipinski definition) is 1. The highest BCUT2D eigenvalue weighted by atomic mass is 19.1. The molecule has 1 fully saturated rings. The van der Waals surface area contributed by atoms with Crippen LogP contribution in [0.1, 0.15) is 35.7 Å². The first-order valence-corrected chi connectivity index (χ1v) is 6.09. The molecule has 1 aliphatic heterocycles. The van der Waals surface area contributed by atoms with Crippen LogP contribution in [0.2, 0.25) is 0 Å². The summed E-state index contributed by atoms with van der Waals surface area (Å²) in [6.07, 6.45) is 1.52. The van der Waals surface area contributed by atoms with E-state index in [0.717, 1.165) is 18.7 Å². The molecule has 1 aromatic carbocycles. The van der Waals surface area contributed by atoms with Crippen LogP contribution in [-0.4, -0.2) is 24.5 Å². The number of alkyl halides is 1. The van der Waals surface area contributed by atoms with E-state index in [1.165, 1.54) is 6.92 Å². The van der Waals surface area contributed by atoms with Crippen molar-refractivity contribution in [2.75, 3.05) is 13.1 Å². The summed E-state index contributed by atoms with van der Waals surface area (Å²) in [5.41, 5.74) is 0.475. The number of piperidine rings is 1. The van der Waals surface area contributed by atoms with Gasteiger partial charge in [-0.15, -0.1) is 0 Å². The molecule has 1 N–H and O–H groups in total. The number of Topliss-reactive ketones (excluding diaryl/α,β-unsaturated/α-hetero) is 1. The van der Waals surface area contributed by atoms with Crippen LogP contribution in [0.3, 0.4) is 0 Å². The van der Waals surface area contributed by atoms with Gasteiger partial charge in [-0.05, 0) is 44.5 Å². The van der Waals surface area contributed by atoms with Crippen LogP contribution < -0.4 is 5.32 Å². The monoisotopic (exact) mass is 235 g/mol. The zero-order chi connectivity index (χ0) is 12.3. The average molecular weight is 235 g/mol. The Kier molecular flexibility index (Phi) is 3.57. The number of halogens is 1. The highest BCUT2D eigenvalue weighted by Gasteiger charge is 2.31. The maximum Gasteiger partial charge on any atom is 0.159 e. The van der Waals surface area contributed by atoms with E-state index in [1.807, 2.05) is 18.2 Å². The topological polar surface area (TPSA) is 29.1 Å². The quantitative estimate of drug-likeness (QED) is 0.816. The molecule has 3 heteroatoms. The number of carbonyl (C=O) groups is 1. The first kappa shape index (κ1) is 12.2. The molecule has 0 spiro atoms. The molecular formula is C14H18FNO. The minimum Gasteiger partial charge on any atom is -0.316 e. The van der Waals surface area contributed by atoms with Gasteiger partial charge in [-0.25, -0.2) is 4.39 Å². The zero-order valence-electron chi connectivity index (χ0n) is 10.1. The highest BCUT2D eigenvalue weighted by molar-refractivity contribution is 5.94. The molecule has 2 rings (SSSR count). The van der Waals surface area contributed by atoms with E-state index in [1.54, 1.807) is 6.07 Å². The molecule has 0 aliphatic carbocycles. The molecule has 0 amide bonds. The van der Waals surface area contributed by atoms with Crippen molar-refractivity contribution in [3.05, 3.63) is 35.4 Å². The van der Waals surface area contributed by atoms with Crippen molar-refractivity contribution >= 4 is 5.78 Å². The number of rotatable bonds is 3. The van der Waals surface area contributed by atoms with Gasteiger partial charge in [0.05, 0.1) is 0 Å². The molecule has 2 nitrogen and oxygen atoms in total. The Morgan fingerprint density at radius 2 is 2.12 bits per heavy atom. The van der Waals surface area contributed by atoms with Crippen LogP contribution in [0, 0.1) is 0 Å². The van der Waals surface area contributed by atoms with Crippen LogP contribution >= 0.6 is 0 Å². The van der Waals surface area contributed by atoms with Crippen molar-refractivity contribution in [2.45, 2.75) is 31.9 Å². The van der Waals surface area contributed by atoms with Gasteiger partial charge in [0.15, 0.2) is 5.78 Å². The standard InChI is InChI=1S/C14H18FNO/c1-11(17)13-4-2-3-12(9-13)10-14(15)5-7-16-8-6-14/h2-4,9,16H,5-8,10H2,1H3. The molecule has 0 bridgehead atoms. The summed E-state index contributed by atoms with van der Waals surface area (Å²) in [6.45, 7) is 3.01. The summed E-state index contributed by atoms with van der Waals surface area (Å²) < 4.78 is 14.5. The number of carbonyl (C=O) groups excluding carboxylic acids is 1. The molecule has 0 radical (unpaired) electrons. The third kappa shape index (κ3) is 3.13. The van der Waals surface area contributed by atoms with Crippen molar-refractivity contribution in [3.8, 4) is 0 Å². The van der Waals surface area contributed by atoms with Gasteiger partial charge in [0.2, 0.25) is 0 Å². The van der Waals surface area contributed by atoms with Crippen molar-refractivity contribution < 1.29 is 9.18 Å². The SMILES string of the molecule is CC(=O)c1cccc(CC2(F)CCNCC2)c1. The predicted octanol–water partition coefficient (Wildman–Crippen LogP) is 2.52.